The van der Waals surface area contributed by atoms with Crippen LogP contribution in [0.2, 0.25) is 0 Å². The standard InChI is InChI=1S/C12H18N4O/c1-8-4-11-13-7-14-16(11)12(5-8)15-10(3)9(2)6-17/h4-5,7,9-10,15,17H,6H2,1-3H3. The lowest BCUT2D eigenvalue weighted by Crippen LogP contribution is -2.27. The van der Waals surface area contributed by atoms with Gasteiger partial charge in [0.15, 0.2) is 5.65 Å². The molecule has 0 spiro atoms. The Morgan fingerprint density at radius 2 is 2.18 bits per heavy atom. The number of aliphatic hydroxyl groups is 1. The van der Waals surface area contributed by atoms with Gasteiger partial charge in [0.2, 0.25) is 0 Å². The molecule has 17 heavy (non-hydrogen) atoms. The molecule has 0 saturated carbocycles. The third-order valence-corrected chi connectivity index (χ3v) is 3.04. The first-order chi connectivity index (χ1) is 8.11. The van der Waals surface area contributed by atoms with Crippen molar-refractivity contribution in [2.24, 2.45) is 5.92 Å². The highest BCUT2D eigenvalue weighted by atomic mass is 16.3. The largest absolute Gasteiger partial charge is 0.396 e. The van der Waals surface area contributed by atoms with E-state index in [-0.39, 0.29) is 18.6 Å². The van der Waals surface area contributed by atoms with E-state index in [0.717, 1.165) is 17.0 Å². The van der Waals surface area contributed by atoms with Gasteiger partial charge in [-0.05, 0) is 37.5 Å². The van der Waals surface area contributed by atoms with Crippen molar-refractivity contribution in [3.63, 3.8) is 0 Å². The number of aromatic nitrogens is 3. The topological polar surface area (TPSA) is 62.5 Å². The molecule has 2 aromatic heterocycles. The van der Waals surface area contributed by atoms with Crippen LogP contribution in [0.15, 0.2) is 18.5 Å². The zero-order chi connectivity index (χ0) is 12.4. The second-order valence-electron chi connectivity index (χ2n) is 4.54. The lowest BCUT2D eigenvalue weighted by atomic mass is 10.1. The molecule has 2 heterocycles. The van der Waals surface area contributed by atoms with E-state index >= 15 is 0 Å². The molecule has 0 bridgehead atoms. The quantitative estimate of drug-likeness (QED) is 0.841. The third kappa shape index (κ3) is 2.39. The Labute approximate surface area is 100 Å². The number of hydrogen-bond donors (Lipinski definition) is 2. The van der Waals surface area contributed by atoms with Gasteiger partial charge in [0.1, 0.15) is 12.1 Å². The zero-order valence-electron chi connectivity index (χ0n) is 10.4. The predicted octanol–water partition coefficient (Wildman–Crippen LogP) is 1.47. The maximum absolute atomic E-state index is 9.14. The molecule has 0 saturated heterocycles. The summed E-state index contributed by atoms with van der Waals surface area (Å²) in [7, 11) is 0. The molecule has 0 aliphatic rings. The lowest BCUT2D eigenvalue weighted by Gasteiger charge is -2.21. The zero-order valence-corrected chi connectivity index (χ0v) is 10.4. The van der Waals surface area contributed by atoms with Crippen molar-refractivity contribution in [2.75, 3.05) is 11.9 Å². The van der Waals surface area contributed by atoms with E-state index < -0.39 is 0 Å². The van der Waals surface area contributed by atoms with Gasteiger partial charge in [-0.15, -0.1) is 0 Å². The second-order valence-corrected chi connectivity index (χ2v) is 4.54. The molecule has 2 aromatic rings. The van der Waals surface area contributed by atoms with E-state index in [1.54, 1.807) is 10.8 Å². The van der Waals surface area contributed by atoms with Gasteiger partial charge in [0.25, 0.3) is 0 Å². The molecule has 0 radical (unpaired) electrons. The van der Waals surface area contributed by atoms with Gasteiger partial charge in [-0.1, -0.05) is 6.92 Å². The number of nitrogens with zero attached hydrogens (tertiary/aromatic N) is 3. The molecule has 0 aromatic carbocycles. The molecule has 0 fully saturated rings. The summed E-state index contributed by atoms with van der Waals surface area (Å²) in [5.74, 6) is 1.10. The van der Waals surface area contributed by atoms with Gasteiger partial charge >= 0.3 is 0 Å². The van der Waals surface area contributed by atoms with E-state index in [9.17, 15) is 0 Å². The minimum Gasteiger partial charge on any atom is -0.396 e. The number of pyridine rings is 1. The molecule has 92 valence electrons. The van der Waals surface area contributed by atoms with Crippen molar-refractivity contribution < 1.29 is 5.11 Å². The van der Waals surface area contributed by atoms with Crippen molar-refractivity contribution >= 4 is 11.5 Å². The number of nitrogens with one attached hydrogen (secondary N) is 1. The average molecular weight is 234 g/mol. The van der Waals surface area contributed by atoms with Crippen molar-refractivity contribution in [3.8, 4) is 0 Å². The molecule has 5 nitrogen and oxygen atoms in total. The number of rotatable bonds is 4. The summed E-state index contributed by atoms with van der Waals surface area (Å²) < 4.78 is 1.77. The molecular formula is C12H18N4O. The minimum absolute atomic E-state index is 0.167. The number of hydrogen-bond acceptors (Lipinski definition) is 4. The fourth-order valence-corrected chi connectivity index (χ4v) is 1.69. The second kappa shape index (κ2) is 4.71. The Morgan fingerprint density at radius 1 is 1.41 bits per heavy atom. The predicted molar refractivity (Wildman–Crippen MR) is 67.1 cm³/mol. The van der Waals surface area contributed by atoms with Crippen LogP contribution in [0.25, 0.3) is 5.65 Å². The van der Waals surface area contributed by atoms with Crippen LogP contribution in [0.4, 0.5) is 5.82 Å². The first-order valence-electron chi connectivity index (χ1n) is 5.79. The monoisotopic (exact) mass is 234 g/mol. The van der Waals surface area contributed by atoms with Crippen LogP contribution in [0.1, 0.15) is 19.4 Å². The SMILES string of the molecule is Cc1cc(NC(C)C(C)CO)n2ncnc2c1. The highest BCUT2D eigenvalue weighted by Crippen LogP contribution is 2.16. The van der Waals surface area contributed by atoms with Crippen molar-refractivity contribution in [1.82, 2.24) is 14.6 Å². The van der Waals surface area contributed by atoms with Crippen LogP contribution < -0.4 is 5.32 Å². The van der Waals surface area contributed by atoms with Crippen LogP contribution >= 0.6 is 0 Å². The fourth-order valence-electron chi connectivity index (χ4n) is 1.69. The molecule has 0 aliphatic carbocycles. The summed E-state index contributed by atoms with van der Waals surface area (Å²) in [4.78, 5) is 4.17. The number of anilines is 1. The summed E-state index contributed by atoms with van der Waals surface area (Å²) in [6, 6.07) is 4.19. The van der Waals surface area contributed by atoms with Crippen LogP contribution in [0, 0.1) is 12.8 Å². The van der Waals surface area contributed by atoms with Gasteiger partial charge in [0.05, 0.1) is 0 Å². The van der Waals surface area contributed by atoms with Crippen LogP contribution in [0.5, 0.6) is 0 Å². The third-order valence-electron chi connectivity index (χ3n) is 3.04. The molecule has 0 aliphatic heterocycles. The van der Waals surface area contributed by atoms with Gasteiger partial charge < -0.3 is 10.4 Å². The minimum atomic E-state index is 0.167. The first-order valence-corrected chi connectivity index (χ1v) is 5.79. The Morgan fingerprint density at radius 3 is 2.88 bits per heavy atom. The van der Waals surface area contributed by atoms with Crippen LogP contribution in [-0.2, 0) is 0 Å². The van der Waals surface area contributed by atoms with Crippen LogP contribution in [-0.4, -0.2) is 32.4 Å². The van der Waals surface area contributed by atoms with E-state index in [4.69, 9.17) is 5.11 Å². The maximum Gasteiger partial charge on any atom is 0.157 e. The van der Waals surface area contributed by atoms with Crippen molar-refractivity contribution in [1.29, 1.82) is 0 Å². The summed E-state index contributed by atoms with van der Waals surface area (Å²) in [5, 5.41) is 16.7. The summed E-state index contributed by atoms with van der Waals surface area (Å²) in [6.07, 6.45) is 1.54. The van der Waals surface area contributed by atoms with E-state index in [0.29, 0.717) is 0 Å². The Kier molecular flexibility index (Phi) is 3.28. The van der Waals surface area contributed by atoms with Gasteiger partial charge in [-0.25, -0.2) is 4.98 Å². The highest BCUT2D eigenvalue weighted by Gasteiger charge is 2.13. The summed E-state index contributed by atoms with van der Waals surface area (Å²) in [6.45, 7) is 6.25. The molecule has 2 unspecified atom stereocenters. The Balaban J connectivity index is 2.31. The summed E-state index contributed by atoms with van der Waals surface area (Å²) in [5.41, 5.74) is 1.97. The van der Waals surface area contributed by atoms with Crippen molar-refractivity contribution in [3.05, 3.63) is 24.0 Å². The number of aliphatic hydroxyl groups excluding tert-OH is 1. The molecule has 2 N–H and O–H groups in total. The molecule has 0 amide bonds. The van der Waals surface area contributed by atoms with Gasteiger partial charge in [-0.3, -0.25) is 0 Å². The van der Waals surface area contributed by atoms with E-state index in [1.807, 2.05) is 32.9 Å². The molecule has 2 atom stereocenters. The normalized spacial score (nSPS) is 14.8. The smallest absolute Gasteiger partial charge is 0.157 e. The molecular weight excluding hydrogens is 216 g/mol. The van der Waals surface area contributed by atoms with Crippen LogP contribution in [0.3, 0.4) is 0 Å². The number of fused-ring (bicyclic) bond motifs is 1. The van der Waals surface area contributed by atoms with Crippen molar-refractivity contribution in [2.45, 2.75) is 26.8 Å². The summed E-state index contributed by atoms with van der Waals surface area (Å²) >= 11 is 0. The van der Waals surface area contributed by atoms with E-state index in [2.05, 4.69) is 15.4 Å². The van der Waals surface area contributed by atoms with E-state index in [1.165, 1.54) is 0 Å². The average Bonchev–Trinajstić information content (AvgIpc) is 2.75. The highest BCUT2D eigenvalue weighted by molar-refractivity contribution is 5.51. The first kappa shape index (κ1) is 11.9. The van der Waals surface area contributed by atoms with Gasteiger partial charge in [0, 0.05) is 12.6 Å². The molecule has 5 heteroatoms. The van der Waals surface area contributed by atoms with Gasteiger partial charge in [-0.2, -0.15) is 9.61 Å². The Bertz CT molecular complexity index is 508. The fraction of sp³-hybridized carbons (Fsp3) is 0.500. The molecule has 2 rings (SSSR count). The number of aryl methyl sites for hydroxylation is 1. The Hall–Kier alpha value is -1.62. The maximum atomic E-state index is 9.14. The lowest BCUT2D eigenvalue weighted by molar-refractivity contribution is 0.226.